The predicted octanol–water partition coefficient (Wildman–Crippen LogP) is -1.13. The number of amides is 2. The number of carbonyl (C=O) groups is 2. The van der Waals surface area contributed by atoms with Crippen molar-refractivity contribution < 1.29 is 14.3 Å². The average Bonchev–Trinajstić information content (AvgIpc) is 2.43. The summed E-state index contributed by atoms with van der Waals surface area (Å²) in [7, 11) is 0. The lowest BCUT2D eigenvalue weighted by atomic mass is 10.2. The Balaban J connectivity index is 2.29. The summed E-state index contributed by atoms with van der Waals surface area (Å²) in [6.45, 7) is 0.406. The van der Waals surface area contributed by atoms with E-state index in [9.17, 15) is 9.59 Å². The molecular weight excluding hydrogens is 248 g/mol. The molecular formula is C12H14N4O3. The summed E-state index contributed by atoms with van der Waals surface area (Å²) < 4.78 is 5.31. The van der Waals surface area contributed by atoms with Crippen molar-refractivity contribution in [2.24, 2.45) is 11.5 Å². The van der Waals surface area contributed by atoms with E-state index in [2.05, 4.69) is 5.32 Å². The second-order valence-corrected chi connectivity index (χ2v) is 3.66. The van der Waals surface area contributed by atoms with Crippen molar-refractivity contribution in [3.8, 4) is 11.8 Å². The molecule has 5 N–H and O–H groups in total. The third kappa shape index (κ3) is 4.65. The first-order chi connectivity index (χ1) is 9.04. The topological polar surface area (TPSA) is 131 Å². The molecule has 0 fully saturated rings. The van der Waals surface area contributed by atoms with Gasteiger partial charge in [0.2, 0.25) is 11.8 Å². The van der Waals surface area contributed by atoms with Gasteiger partial charge in [0.1, 0.15) is 12.4 Å². The first kappa shape index (κ1) is 14.5. The Bertz CT molecular complexity index is 493. The fourth-order valence-electron chi connectivity index (χ4n) is 1.21. The average molecular weight is 262 g/mol. The summed E-state index contributed by atoms with van der Waals surface area (Å²) in [6.07, 6.45) is 0. The lowest BCUT2D eigenvalue weighted by molar-refractivity contribution is -0.129. The molecule has 0 saturated carbocycles. The van der Waals surface area contributed by atoms with E-state index >= 15 is 0 Å². The number of nitriles is 1. The van der Waals surface area contributed by atoms with Gasteiger partial charge in [0.25, 0.3) is 0 Å². The predicted molar refractivity (Wildman–Crippen MR) is 66.8 cm³/mol. The SMILES string of the molecule is N#Cc1ccc(OCCNC(=O)C(N)C(N)=O)cc1. The molecule has 1 unspecified atom stereocenters. The Morgan fingerprint density at radius 2 is 2.00 bits per heavy atom. The molecule has 0 heterocycles. The molecule has 0 aliphatic carbocycles. The molecule has 7 heteroatoms. The first-order valence-corrected chi connectivity index (χ1v) is 5.50. The molecule has 1 rings (SSSR count). The van der Waals surface area contributed by atoms with E-state index in [-0.39, 0.29) is 13.2 Å². The van der Waals surface area contributed by atoms with Crippen LogP contribution in [-0.2, 0) is 9.59 Å². The lowest BCUT2D eigenvalue weighted by Gasteiger charge is -2.10. The smallest absolute Gasteiger partial charge is 0.246 e. The van der Waals surface area contributed by atoms with Gasteiger partial charge in [0.05, 0.1) is 18.2 Å². The summed E-state index contributed by atoms with van der Waals surface area (Å²) in [5, 5.41) is 11.0. The number of primary amides is 1. The highest BCUT2D eigenvalue weighted by Crippen LogP contribution is 2.10. The summed E-state index contributed by atoms with van der Waals surface area (Å²) in [5.41, 5.74) is 10.6. The number of carbonyl (C=O) groups excluding carboxylic acids is 2. The van der Waals surface area contributed by atoms with E-state index in [0.29, 0.717) is 11.3 Å². The summed E-state index contributed by atoms with van der Waals surface area (Å²) in [6, 6.07) is 7.18. The Kier molecular flexibility index (Phi) is 5.32. The van der Waals surface area contributed by atoms with Gasteiger partial charge in [-0.25, -0.2) is 0 Å². The van der Waals surface area contributed by atoms with E-state index in [1.165, 1.54) is 0 Å². The molecule has 1 atom stereocenters. The fraction of sp³-hybridized carbons (Fsp3) is 0.250. The van der Waals surface area contributed by atoms with E-state index in [4.69, 9.17) is 21.5 Å². The van der Waals surface area contributed by atoms with E-state index in [0.717, 1.165) is 0 Å². The lowest BCUT2D eigenvalue weighted by Crippen LogP contribution is -2.49. The molecule has 0 spiro atoms. The standard InChI is InChI=1S/C12H14N4O3/c13-7-8-1-3-9(4-2-8)19-6-5-16-12(18)10(14)11(15)17/h1-4,10H,5-6,14H2,(H2,15,17)(H,16,18). The summed E-state index contributed by atoms with van der Waals surface area (Å²) in [4.78, 5) is 21.9. The minimum Gasteiger partial charge on any atom is -0.492 e. The second kappa shape index (κ2) is 6.98. The van der Waals surface area contributed by atoms with Crippen LogP contribution in [-0.4, -0.2) is 31.0 Å². The van der Waals surface area contributed by atoms with Crippen molar-refractivity contribution in [2.45, 2.75) is 6.04 Å². The number of ether oxygens (including phenoxy) is 1. The van der Waals surface area contributed by atoms with Crippen molar-refractivity contribution >= 4 is 11.8 Å². The van der Waals surface area contributed by atoms with E-state index < -0.39 is 17.9 Å². The van der Waals surface area contributed by atoms with E-state index in [1.54, 1.807) is 24.3 Å². The highest BCUT2D eigenvalue weighted by Gasteiger charge is 2.18. The Hall–Kier alpha value is -2.59. The summed E-state index contributed by atoms with van der Waals surface area (Å²) in [5.74, 6) is -0.950. The van der Waals surface area contributed by atoms with Gasteiger partial charge in [-0.05, 0) is 24.3 Å². The van der Waals surface area contributed by atoms with Crippen LogP contribution in [0.4, 0.5) is 0 Å². The highest BCUT2D eigenvalue weighted by atomic mass is 16.5. The van der Waals surface area contributed by atoms with Crippen LogP contribution in [0.2, 0.25) is 0 Å². The van der Waals surface area contributed by atoms with Gasteiger partial charge >= 0.3 is 0 Å². The largest absolute Gasteiger partial charge is 0.492 e. The Morgan fingerprint density at radius 3 is 2.53 bits per heavy atom. The number of rotatable bonds is 6. The van der Waals surface area contributed by atoms with Gasteiger partial charge in [-0.1, -0.05) is 0 Å². The minimum absolute atomic E-state index is 0.194. The van der Waals surface area contributed by atoms with E-state index in [1.807, 2.05) is 6.07 Å². The third-order valence-electron chi connectivity index (χ3n) is 2.24. The van der Waals surface area contributed by atoms with Crippen LogP contribution in [0.25, 0.3) is 0 Å². The number of hydrogen-bond acceptors (Lipinski definition) is 5. The zero-order chi connectivity index (χ0) is 14.3. The van der Waals surface area contributed by atoms with Crippen molar-refractivity contribution in [3.63, 3.8) is 0 Å². The maximum Gasteiger partial charge on any atom is 0.246 e. The number of hydrogen-bond donors (Lipinski definition) is 3. The molecule has 0 saturated heterocycles. The van der Waals surface area contributed by atoms with Crippen LogP contribution in [0, 0.1) is 11.3 Å². The molecule has 7 nitrogen and oxygen atoms in total. The number of nitrogens with zero attached hydrogens (tertiary/aromatic N) is 1. The van der Waals surface area contributed by atoms with Crippen molar-refractivity contribution in [1.82, 2.24) is 5.32 Å². The maximum atomic E-state index is 11.3. The van der Waals surface area contributed by atoms with Gasteiger partial charge in [0, 0.05) is 0 Å². The van der Waals surface area contributed by atoms with Crippen LogP contribution >= 0.6 is 0 Å². The highest BCUT2D eigenvalue weighted by molar-refractivity contribution is 6.03. The first-order valence-electron chi connectivity index (χ1n) is 5.50. The minimum atomic E-state index is -1.35. The number of benzene rings is 1. The molecule has 0 bridgehead atoms. The Morgan fingerprint density at radius 1 is 1.37 bits per heavy atom. The number of nitrogens with one attached hydrogen (secondary N) is 1. The molecule has 2 amide bonds. The van der Waals surface area contributed by atoms with Crippen molar-refractivity contribution in [1.29, 1.82) is 5.26 Å². The molecule has 1 aromatic rings. The molecule has 0 aromatic heterocycles. The molecule has 0 aliphatic rings. The van der Waals surface area contributed by atoms with Crippen LogP contribution in [0.3, 0.4) is 0 Å². The van der Waals surface area contributed by atoms with Gasteiger partial charge in [-0.15, -0.1) is 0 Å². The zero-order valence-electron chi connectivity index (χ0n) is 10.1. The van der Waals surface area contributed by atoms with Crippen LogP contribution in [0.5, 0.6) is 5.75 Å². The fourth-order valence-corrected chi connectivity index (χ4v) is 1.21. The zero-order valence-corrected chi connectivity index (χ0v) is 10.1. The van der Waals surface area contributed by atoms with Gasteiger partial charge in [-0.2, -0.15) is 5.26 Å². The van der Waals surface area contributed by atoms with Crippen LogP contribution in [0.1, 0.15) is 5.56 Å². The molecule has 1 aromatic carbocycles. The third-order valence-corrected chi connectivity index (χ3v) is 2.24. The summed E-state index contributed by atoms with van der Waals surface area (Å²) >= 11 is 0. The monoisotopic (exact) mass is 262 g/mol. The Labute approximate surface area is 110 Å². The van der Waals surface area contributed by atoms with Gasteiger partial charge in [-0.3, -0.25) is 9.59 Å². The van der Waals surface area contributed by atoms with Crippen molar-refractivity contribution in [3.05, 3.63) is 29.8 Å². The number of nitrogens with two attached hydrogens (primary N) is 2. The molecule has 0 radical (unpaired) electrons. The van der Waals surface area contributed by atoms with Crippen LogP contribution < -0.4 is 21.5 Å². The quantitative estimate of drug-likeness (QED) is 0.440. The van der Waals surface area contributed by atoms with Crippen molar-refractivity contribution in [2.75, 3.05) is 13.2 Å². The second-order valence-electron chi connectivity index (χ2n) is 3.66. The van der Waals surface area contributed by atoms with Crippen LogP contribution in [0.15, 0.2) is 24.3 Å². The maximum absolute atomic E-state index is 11.3. The van der Waals surface area contributed by atoms with Gasteiger partial charge in [0.15, 0.2) is 6.04 Å². The normalized spacial score (nSPS) is 11.2. The molecule has 19 heavy (non-hydrogen) atoms. The molecule has 0 aliphatic heterocycles. The molecule has 100 valence electrons. The van der Waals surface area contributed by atoms with Gasteiger partial charge < -0.3 is 21.5 Å².